The second kappa shape index (κ2) is 7.56. The van der Waals surface area contributed by atoms with Crippen molar-refractivity contribution in [3.05, 3.63) is 47.0 Å². The first kappa shape index (κ1) is 18.8. The highest BCUT2D eigenvalue weighted by Crippen LogP contribution is 2.46. The minimum absolute atomic E-state index is 0.0539. The summed E-state index contributed by atoms with van der Waals surface area (Å²) in [6.45, 7) is 1.59. The molecule has 1 aromatic carbocycles. The van der Waals surface area contributed by atoms with Gasteiger partial charge in [-0.2, -0.15) is 5.10 Å². The Morgan fingerprint density at radius 1 is 1.10 bits per heavy atom. The summed E-state index contributed by atoms with van der Waals surface area (Å²) in [6.07, 6.45) is 9.36. The Morgan fingerprint density at radius 3 is 2.66 bits per heavy atom. The third-order valence-electron chi connectivity index (χ3n) is 7.17. The molecule has 2 aliphatic carbocycles. The molecule has 1 saturated heterocycles. The van der Waals surface area contributed by atoms with Crippen molar-refractivity contribution in [1.82, 2.24) is 15.1 Å². The molecule has 1 aliphatic heterocycles. The standard InChI is InChI=1S/C23H28FN3O2/c24-16-7-9-17(10-8-16)27-19-5-2-1-4-18(19)21(26-27)22(28)25-20-6-3-11-23(20)12-14-29-15-13-23/h7-10,20H,1-6,11-15H2,(H,25,28)/t20-/m1/s1. The van der Waals surface area contributed by atoms with Crippen LogP contribution in [0.5, 0.6) is 0 Å². The van der Waals surface area contributed by atoms with Gasteiger partial charge in [0.15, 0.2) is 5.69 Å². The average Bonchev–Trinajstić information content (AvgIpc) is 3.31. The number of rotatable bonds is 3. The summed E-state index contributed by atoms with van der Waals surface area (Å²) in [7, 11) is 0. The third-order valence-corrected chi connectivity index (χ3v) is 7.17. The van der Waals surface area contributed by atoms with E-state index in [2.05, 4.69) is 5.32 Å². The van der Waals surface area contributed by atoms with Gasteiger partial charge in [0.05, 0.1) is 5.69 Å². The summed E-state index contributed by atoms with van der Waals surface area (Å²) in [6, 6.07) is 6.55. The molecule has 1 saturated carbocycles. The molecule has 5 nitrogen and oxygen atoms in total. The minimum Gasteiger partial charge on any atom is -0.381 e. The van der Waals surface area contributed by atoms with Crippen LogP contribution in [0.2, 0.25) is 0 Å². The molecule has 0 radical (unpaired) electrons. The molecule has 0 bridgehead atoms. The summed E-state index contributed by atoms with van der Waals surface area (Å²) in [5.74, 6) is -0.322. The van der Waals surface area contributed by atoms with Crippen LogP contribution in [-0.4, -0.2) is 34.9 Å². The lowest BCUT2D eigenvalue weighted by molar-refractivity contribution is 0.00468. The number of aromatic nitrogens is 2. The molecule has 2 heterocycles. The van der Waals surface area contributed by atoms with Crippen LogP contribution < -0.4 is 5.32 Å². The second-order valence-corrected chi connectivity index (χ2v) is 8.76. The van der Waals surface area contributed by atoms with E-state index in [1.54, 1.807) is 12.1 Å². The summed E-state index contributed by atoms with van der Waals surface area (Å²) in [5.41, 5.74) is 3.72. The van der Waals surface area contributed by atoms with Gasteiger partial charge in [0.2, 0.25) is 0 Å². The van der Waals surface area contributed by atoms with Gasteiger partial charge < -0.3 is 10.1 Å². The van der Waals surface area contributed by atoms with Crippen LogP contribution in [-0.2, 0) is 17.6 Å². The Morgan fingerprint density at radius 2 is 1.86 bits per heavy atom. The van der Waals surface area contributed by atoms with Crippen molar-refractivity contribution in [2.45, 2.75) is 63.8 Å². The Balaban J connectivity index is 1.44. The summed E-state index contributed by atoms with van der Waals surface area (Å²) < 4.78 is 20.8. The van der Waals surface area contributed by atoms with Crippen molar-refractivity contribution in [2.75, 3.05) is 13.2 Å². The highest BCUT2D eigenvalue weighted by atomic mass is 19.1. The number of ether oxygens (including phenoxy) is 1. The topological polar surface area (TPSA) is 56.1 Å². The Kier molecular flexibility index (Phi) is 4.90. The fourth-order valence-electron chi connectivity index (χ4n) is 5.54. The number of hydrogen-bond donors (Lipinski definition) is 1. The van der Waals surface area contributed by atoms with Gasteiger partial charge in [-0.25, -0.2) is 9.07 Å². The zero-order chi connectivity index (χ0) is 19.8. The molecule has 2 aromatic rings. The number of amides is 1. The number of carbonyl (C=O) groups is 1. The lowest BCUT2D eigenvalue weighted by atomic mass is 9.75. The molecule has 1 aromatic heterocycles. The molecule has 3 aliphatic rings. The van der Waals surface area contributed by atoms with Gasteiger partial charge in [-0.15, -0.1) is 0 Å². The molecular weight excluding hydrogens is 369 g/mol. The van der Waals surface area contributed by atoms with Crippen molar-refractivity contribution in [3.8, 4) is 5.69 Å². The van der Waals surface area contributed by atoms with Crippen LogP contribution in [0.4, 0.5) is 4.39 Å². The smallest absolute Gasteiger partial charge is 0.272 e. The van der Waals surface area contributed by atoms with E-state index < -0.39 is 0 Å². The number of hydrogen-bond acceptors (Lipinski definition) is 3. The van der Waals surface area contributed by atoms with Crippen molar-refractivity contribution in [3.63, 3.8) is 0 Å². The first-order valence-corrected chi connectivity index (χ1v) is 10.9. The van der Waals surface area contributed by atoms with Gasteiger partial charge in [-0.05, 0) is 81.0 Å². The number of nitrogens with zero attached hydrogens (tertiary/aromatic N) is 2. The van der Waals surface area contributed by atoms with E-state index in [9.17, 15) is 9.18 Å². The number of halogens is 1. The van der Waals surface area contributed by atoms with Crippen molar-refractivity contribution < 1.29 is 13.9 Å². The highest BCUT2D eigenvalue weighted by molar-refractivity contribution is 5.94. The third kappa shape index (κ3) is 3.37. The molecule has 1 spiro atoms. The average molecular weight is 397 g/mol. The molecule has 2 fully saturated rings. The fraction of sp³-hybridized carbons (Fsp3) is 0.565. The Bertz CT molecular complexity index is 900. The largest absolute Gasteiger partial charge is 0.381 e. The summed E-state index contributed by atoms with van der Waals surface area (Å²) in [4.78, 5) is 13.3. The van der Waals surface area contributed by atoms with E-state index in [1.807, 2.05) is 4.68 Å². The minimum atomic E-state index is -0.268. The maximum atomic E-state index is 13.4. The molecular formula is C23H28FN3O2. The zero-order valence-electron chi connectivity index (χ0n) is 16.8. The molecule has 1 amide bonds. The van der Waals surface area contributed by atoms with Crippen molar-refractivity contribution in [1.29, 1.82) is 0 Å². The van der Waals surface area contributed by atoms with Crippen LogP contribution in [0.15, 0.2) is 24.3 Å². The van der Waals surface area contributed by atoms with Gasteiger partial charge >= 0.3 is 0 Å². The lowest BCUT2D eigenvalue weighted by Crippen LogP contribution is -2.47. The number of benzene rings is 1. The van der Waals surface area contributed by atoms with Crippen LogP contribution in [0.3, 0.4) is 0 Å². The van der Waals surface area contributed by atoms with Gasteiger partial charge in [-0.3, -0.25) is 4.79 Å². The van der Waals surface area contributed by atoms with Gasteiger partial charge in [0, 0.05) is 30.5 Å². The summed E-state index contributed by atoms with van der Waals surface area (Å²) >= 11 is 0. The number of nitrogens with one attached hydrogen (secondary N) is 1. The van der Waals surface area contributed by atoms with E-state index in [4.69, 9.17) is 9.84 Å². The van der Waals surface area contributed by atoms with E-state index >= 15 is 0 Å². The van der Waals surface area contributed by atoms with Crippen molar-refractivity contribution in [2.24, 2.45) is 5.41 Å². The second-order valence-electron chi connectivity index (χ2n) is 8.76. The molecule has 0 unspecified atom stereocenters. The highest BCUT2D eigenvalue weighted by Gasteiger charge is 2.44. The van der Waals surface area contributed by atoms with Crippen molar-refractivity contribution >= 4 is 5.91 Å². The first-order chi connectivity index (χ1) is 14.2. The Labute approximate surface area is 170 Å². The number of fused-ring (bicyclic) bond motifs is 1. The monoisotopic (exact) mass is 397 g/mol. The quantitative estimate of drug-likeness (QED) is 0.853. The fourth-order valence-corrected chi connectivity index (χ4v) is 5.54. The van der Waals surface area contributed by atoms with Gasteiger partial charge in [0.1, 0.15) is 5.82 Å². The SMILES string of the molecule is O=C(N[C@@H]1CCCC12CCOCC2)c1nn(-c2ccc(F)cc2)c2c1CCCC2. The predicted octanol–water partition coefficient (Wildman–Crippen LogP) is 3.97. The van der Waals surface area contributed by atoms with E-state index in [-0.39, 0.29) is 23.2 Å². The zero-order valence-corrected chi connectivity index (χ0v) is 16.8. The first-order valence-electron chi connectivity index (χ1n) is 10.9. The molecule has 1 N–H and O–H groups in total. The molecule has 154 valence electrons. The molecule has 6 heteroatoms. The molecule has 29 heavy (non-hydrogen) atoms. The maximum absolute atomic E-state index is 13.4. The molecule has 5 rings (SSSR count). The van der Waals surface area contributed by atoms with Gasteiger partial charge in [-0.1, -0.05) is 6.42 Å². The maximum Gasteiger partial charge on any atom is 0.272 e. The van der Waals surface area contributed by atoms with E-state index in [0.717, 1.165) is 81.5 Å². The summed E-state index contributed by atoms with van der Waals surface area (Å²) in [5, 5.41) is 8.07. The van der Waals surface area contributed by atoms with Crippen LogP contribution in [0.25, 0.3) is 5.69 Å². The van der Waals surface area contributed by atoms with Gasteiger partial charge in [0.25, 0.3) is 5.91 Å². The lowest BCUT2D eigenvalue weighted by Gasteiger charge is -2.39. The van der Waals surface area contributed by atoms with Crippen LogP contribution >= 0.6 is 0 Å². The van der Waals surface area contributed by atoms with Crippen LogP contribution in [0, 0.1) is 11.2 Å². The van der Waals surface area contributed by atoms with E-state index in [1.165, 1.54) is 18.6 Å². The molecule has 1 atom stereocenters. The van der Waals surface area contributed by atoms with Crippen LogP contribution in [0.1, 0.15) is 66.7 Å². The number of carbonyl (C=O) groups excluding carboxylic acids is 1. The van der Waals surface area contributed by atoms with E-state index in [0.29, 0.717) is 5.69 Å². The Hall–Kier alpha value is -2.21. The normalized spacial score (nSPS) is 23.1. The predicted molar refractivity (Wildman–Crippen MR) is 108 cm³/mol.